The monoisotopic (exact) mass is 419 g/mol. The molecule has 1 N–H and O–H groups in total. The second-order valence-corrected chi connectivity index (χ2v) is 7.05. The number of fused-ring (bicyclic) bond motifs is 1. The second kappa shape index (κ2) is 8.00. The minimum atomic E-state index is -0.256. The van der Waals surface area contributed by atoms with Gasteiger partial charge < -0.3 is 9.84 Å². The van der Waals surface area contributed by atoms with Gasteiger partial charge in [-0.15, -0.1) is 0 Å². The quantitative estimate of drug-likeness (QED) is 0.522. The van der Waals surface area contributed by atoms with Crippen molar-refractivity contribution in [3.05, 3.63) is 87.2 Å². The van der Waals surface area contributed by atoms with Gasteiger partial charge in [0.25, 0.3) is 5.56 Å². The van der Waals surface area contributed by atoms with Crippen molar-refractivity contribution in [2.75, 3.05) is 7.11 Å². The molecule has 30 heavy (non-hydrogen) atoms. The van der Waals surface area contributed by atoms with Gasteiger partial charge in [0.2, 0.25) is 0 Å². The Bertz CT molecular complexity index is 1330. The van der Waals surface area contributed by atoms with Crippen LogP contribution in [0, 0.1) is 6.92 Å². The van der Waals surface area contributed by atoms with Crippen molar-refractivity contribution in [3.63, 3.8) is 0 Å². The lowest BCUT2D eigenvalue weighted by Gasteiger charge is -2.15. The van der Waals surface area contributed by atoms with E-state index in [1.165, 1.54) is 11.7 Å². The van der Waals surface area contributed by atoms with Crippen LogP contribution >= 0.6 is 11.6 Å². The molecule has 7 heteroatoms. The third-order valence-corrected chi connectivity index (χ3v) is 5.08. The maximum absolute atomic E-state index is 13.4. The van der Waals surface area contributed by atoms with Crippen LogP contribution in [0.5, 0.6) is 11.5 Å². The molecule has 0 unspecified atom stereocenters. The summed E-state index contributed by atoms with van der Waals surface area (Å²) in [4.78, 5) is 22.1. The molecule has 0 saturated carbocycles. The number of halogens is 1. The first-order valence-electron chi connectivity index (χ1n) is 9.17. The van der Waals surface area contributed by atoms with Crippen LogP contribution in [0.1, 0.15) is 17.0 Å². The minimum absolute atomic E-state index is 0.00141. The Hall–Kier alpha value is -3.64. The smallest absolute Gasteiger partial charge is 0.266 e. The number of hydrogen-bond donors (Lipinski definition) is 1. The fraction of sp³-hybridized carbons (Fsp3) is 0.0870. The van der Waals surface area contributed by atoms with Gasteiger partial charge in [0.15, 0.2) is 11.5 Å². The summed E-state index contributed by atoms with van der Waals surface area (Å²) in [5, 5.41) is 11.2. The van der Waals surface area contributed by atoms with Gasteiger partial charge in [0.05, 0.1) is 34.9 Å². The fourth-order valence-electron chi connectivity index (χ4n) is 3.29. The molecule has 2 heterocycles. The Balaban J connectivity index is 1.99. The molecule has 0 bridgehead atoms. The van der Waals surface area contributed by atoms with Crippen LogP contribution < -0.4 is 10.3 Å². The highest BCUT2D eigenvalue weighted by Gasteiger charge is 2.16. The van der Waals surface area contributed by atoms with Crippen LogP contribution in [0.3, 0.4) is 0 Å². The van der Waals surface area contributed by atoms with E-state index in [-0.39, 0.29) is 11.3 Å². The predicted molar refractivity (Wildman–Crippen MR) is 118 cm³/mol. The first-order valence-corrected chi connectivity index (χ1v) is 9.55. The normalized spacial score (nSPS) is 11.3. The molecule has 150 valence electrons. The van der Waals surface area contributed by atoms with Crippen molar-refractivity contribution in [3.8, 4) is 17.2 Å². The average molecular weight is 420 g/mol. The Morgan fingerprint density at radius 3 is 2.70 bits per heavy atom. The van der Waals surface area contributed by atoms with Crippen LogP contribution in [0.15, 0.2) is 59.7 Å². The zero-order valence-corrected chi connectivity index (χ0v) is 17.1. The lowest BCUT2D eigenvalue weighted by atomic mass is 10.1. The largest absolute Gasteiger partial charge is 0.504 e. The number of phenols is 1. The predicted octanol–water partition coefficient (Wildman–Crippen LogP) is 4.63. The number of hydrogen-bond acceptors (Lipinski definition) is 5. The number of pyridine rings is 1. The number of aromatic nitrogens is 3. The highest BCUT2D eigenvalue weighted by atomic mass is 35.5. The summed E-state index contributed by atoms with van der Waals surface area (Å²) in [5.74, 6) is 0.715. The topological polar surface area (TPSA) is 77.2 Å². The summed E-state index contributed by atoms with van der Waals surface area (Å²) < 4.78 is 6.64. The summed E-state index contributed by atoms with van der Waals surface area (Å²) in [7, 11) is 1.48. The Labute approximate surface area is 177 Å². The van der Waals surface area contributed by atoms with Crippen LogP contribution in [0.2, 0.25) is 5.02 Å². The molecule has 0 atom stereocenters. The van der Waals surface area contributed by atoms with E-state index >= 15 is 0 Å². The van der Waals surface area contributed by atoms with E-state index in [0.717, 1.165) is 5.56 Å². The van der Waals surface area contributed by atoms with E-state index in [4.69, 9.17) is 16.3 Å². The highest BCUT2D eigenvalue weighted by Crippen LogP contribution is 2.31. The van der Waals surface area contributed by atoms with Crippen molar-refractivity contribution in [1.82, 2.24) is 14.5 Å². The lowest BCUT2D eigenvalue weighted by molar-refractivity contribution is 0.373. The van der Waals surface area contributed by atoms with E-state index in [1.54, 1.807) is 54.9 Å². The number of para-hydroxylation sites is 2. The van der Waals surface area contributed by atoms with Crippen LogP contribution in [-0.4, -0.2) is 26.8 Å². The molecule has 0 aliphatic rings. The van der Waals surface area contributed by atoms with Gasteiger partial charge in [-0.1, -0.05) is 35.9 Å². The molecule has 0 amide bonds. The van der Waals surface area contributed by atoms with Crippen LogP contribution in [0.25, 0.3) is 28.7 Å². The van der Waals surface area contributed by atoms with Crippen molar-refractivity contribution < 1.29 is 9.84 Å². The van der Waals surface area contributed by atoms with E-state index in [0.29, 0.717) is 38.8 Å². The number of rotatable bonds is 4. The van der Waals surface area contributed by atoms with E-state index in [1.807, 2.05) is 19.1 Å². The number of aryl methyl sites for hydroxylation is 1. The molecule has 4 rings (SSSR count). The number of phenolic OH excluding ortho intramolecular Hbond substituents is 1. The molecule has 0 radical (unpaired) electrons. The van der Waals surface area contributed by atoms with Crippen molar-refractivity contribution in [2.45, 2.75) is 6.92 Å². The summed E-state index contributed by atoms with van der Waals surface area (Å²) in [5.41, 5.74) is 2.13. The molecule has 0 aliphatic carbocycles. The number of benzene rings is 2. The summed E-state index contributed by atoms with van der Waals surface area (Å²) >= 11 is 6.46. The van der Waals surface area contributed by atoms with Crippen molar-refractivity contribution >= 4 is 34.7 Å². The van der Waals surface area contributed by atoms with E-state index in [9.17, 15) is 9.90 Å². The van der Waals surface area contributed by atoms with Crippen molar-refractivity contribution in [2.24, 2.45) is 0 Å². The highest BCUT2D eigenvalue weighted by molar-refractivity contribution is 6.32. The number of ether oxygens (including phenoxy) is 1. The number of nitrogens with zero attached hydrogens (tertiary/aromatic N) is 3. The number of methoxy groups -OCH3 is 1. The molecule has 0 saturated heterocycles. The summed E-state index contributed by atoms with van der Waals surface area (Å²) in [6.45, 7) is 1.88. The van der Waals surface area contributed by atoms with Gasteiger partial charge in [-0.05, 0) is 42.8 Å². The molecule has 0 fully saturated rings. The molecular weight excluding hydrogens is 402 g/mol. The summed E-state index contributed by atoms with van der Waals surface area (Å²) in [6.07, 6.45) is 6.43. The van der Waals surface area contributed by atoms with Gasteiger partial charge in [-0.25, -0.2) is 4.98 Å². The van der Waals surface area contributed by atoms with Gasteiger partial charge >= 0.3 is 0 Å². The lowest BCUT2D eigenvalue weighted by Crippen LogP contribution is -2.23. The molecule has 0 aliphatic heterocycles. The minimum Gasteiger partial charge on any atom is -0.504 e. The zero-order valence-electron chi connectivity index (χ0n) is 16.3. The maximum Gasteiger partial charge on any atom is 0.266 e. The van der Waals surface area contributed by atoms with Gasteiger partial charge in [0, 0.05) is 11.8 Å². The summed E-state index contributed by atoms with van der Waals surface area (Å²) in [6, 6.07) is 12.2. The van der Waals surface area contributed by atoms with Crippen LogP contribution in [0.4, 0.5) is 0 Å². The fourth-order valence-corrected chi connectivity index (χ4v) is 3.60. The van der Waals surface area contributed by atoms with E-state index in [2.05, 4.69) is 9.97 Å². The Morgan fingerprint density at radius 1 is 1.13 bits per heavy atom. The van der Waals surface area contributed by atoms with Gasteiger partial charge in [-0.2, -0.15) is 0 Å². The molecule has 2 aromatic heterocycles. The second-order valence-electron chi connectivity index (χ2n) is 6.64. The zero-order chi connectivity index (χ0) is 21.3. The van der Waals surface area contributed by atoms with Crippen molar-refractivity contribution in [1.29, 1.82) is 0 Å². The molecule has 0 spiro atoms. The van der Waals surface area contributed by atoms with E-state index < -0.39 is 0 Å². The third-order valence-electron chi connectivity index (χ3n) is 4.77. The first-order chi connectivity index (χ1) is 14.5. The average Bonchev–Trinajstić information content (AvgIpc) is 2.74. The molecular formula is C23H18ClN3O3. The van der Waals surface area contributed by atoms with Crippen LogP contribution in [-0.2, 0) is 0 Å². The van der Waals surface area contributed by atoms with Gasteiger partial charge in [0.1, 0.15) is 5.82 Å². The molecule has 6 nitrogen and oxygen atoms in total. The molecule has 4 aromatic rings. The SMILES string of the molecule is COc1cccc(C=Cc2nc3cnccc3c(=O)n2-c2c(C)cccc2Cl)c1O. The number of aromatic hydroxyl groups is 1. The Morgan fingerprint density at radius 2 is 1.93 bits per heavy atom. The maximum atomic E-state index is 13.4. The first kappa shape index (κ1) is 19.7. The molecule has 2 aromatic carbocycles. The Kier molecular flexibility index (Phi) is 5.25. The third kappa shape index (κ3) is 3.42. The van der Waals surface area contributed by atoms with Gasteiger partial charge in [-0.3, -0.25) is 14.3 Å². The standard InChI is InChI=1S/C23H18ClN3O3/c1-14-5-3-7-17(24)21(14)27-20(26-18-13-25-12-11-16(18)23(27)29)10-9-15-6-4-8-19(30-2)22(15)28/h3-13,28H,1-2H3.